The summed E-state index contributed by atoms with van der Waals surface area (Å²) in [6, 6.07) is 0. The third kappa shape index (κ3) is 25.4. The molecule has 0 spiro atoms. The van der Waals surface area contributed by atoms with Gasteiger partial charge in [0.1, 0.15) is 6.10 Å². The summed E-state index contributed by atoms with van der Waals surface area (Å²) in [5.41, 5.74) is 0. The Kier molecular flexibility index (Phi) is 24.7. The number of hydrogen-bond acceptors (Lipinski definition) is 3. The zero-order valence-electron chi connectivity index (χ0n) is 22.2. The zero-order chi connectivity index (χ0) is 24.4. The summed E-state index contributed by atoms with van der Waals surface area (Å²) in [5.74, 6) is -0.679. The number of hydrogen-bond donors (Lipinski definition) is 1. The van der Waals surface area contributed by atoms with E-state index in [1.807, 2.05) is 0 Å². The van der Waals surface area contributed by atoms with Crippen molar-refractivity contribution in [1.29, 1.82) is 0 Å². The van der Waals surface area contributed by atoms with Crippen LogP contribution in [-0.4, -0.2) is 23.1 Å². The quantitative estimate of drug-likeness (QED) is 0.101. The maximum atomic E-state index is 12.2. The van der Waals surface area contributed by atoms with Crippen molar-refractivity contribution in [2.45, 2.75) is 174 Å². The minimum Gasteiger partial charge on any atom is -0.481 e. The lowest BCUT2D eigenvalue weighted by Gasteiger charge is -2.17. The first-order valence-electron chi connectivity index (χ1n) is 14.5. The molecule has 0 aliphatic carbocycles. The molecule has 0 aromatic heterocycles. The molecule has 0 heterocycles. The third-order valence-electron chi connectivity index (χ3n) is 6.56. The number of esters is 1. The average Bonchev–Trinajstić information content (AvgIpc) is 2.78. The van der Waals surface area contributed by atoms with Gasteiger partial charge >= 0.3 is 11.9 Å². The molecule has 1 atom stereocenters. The molecule has 196 valence electrons. The summed E-state index contributed by atoms with van der Waals surface area (Å²) in [5, 5.41) is 8.64. The van der Waals surface area contributed by atoms with Gasteiger partial charge in [-0.25, -0.2) is 0 Å². The summed E-state index contributed by atoms with van der Waals surface area (Å²) < 4.78 is 5.79. The van der Waals surface area contributed by atoms with E-state index in [-0.39, 0.29) is 12.1 Å². The summed E-state index contributed by atoms with van der Waals surface area (Å²) in [4.78, 5) is 22.7. The van der Waals surface area contributed by atoms with Gasteiger partial charge in [0.05, 0.1) is 0 Å². The molecule has 1 N–H and O–H groups in total. The maximum Gasteiger partial charge on any atom is 0.306 e. The predicted octanol–water partition coefficient (Wildman–Crippen LogP) is 9.39. The molecule has 0 aliphatic rings. The minimum absolute atomic E-state index is 0.00531. The van der Waals surface area contributed by atoms with Crippen LogP contribution in [0.25, 0.3) is 0 Å². The lowest BCUT2D eigenvalue weighted by Crippen LogP contribution is -2.18. The Labute approximate surface area is 205 Å². The molecule has 1 unspecified atom stereocenters. The second-order valence-corrected chi connectivity index (χ2v) is 9.95. The highest BCUT2D eigenvalue weighted by Crippen LogP contribution is 2.17. The predicted molar refractivity (Wildman–Crippen MR) is 140 cm³/mol. The molecule has 0 aromatic rings. The minimum atomic E-state index is -0.684. The fraction of sp³-hybridized carbons (Fsp3) is 0.931. The second-order valence-electron chi connectivity index (χ2n) is 9.95. The van der Waals surface area contributed by atoms with Crippen LogP contribution in [0.1, 0.15) is 168 Å². The highest BCUT2D eigenvalue weighted by Gasteiger charge is 2.13. The fourth-order valence-corrected chi connectivity index (χ4v) is 4.47. The van der Waals surface area contributed by atoms with E-state index < -0.39 is 5.97 Å². The van der Waals surface area contributed by atoms with Crippen LogP contribution in [0.5, 0.6) is 0 Å². The van der Waals surface area contributed by atoms with Gasteiger partial charge in [0.25, 0.3) is 0 Å². The average molecular weight is 469 g/mol. The van der Waals surface area contributed by atoms with Crippen LogP contribution < -0.4 is 0 Å². The normalized spacial score (nSPS) is 12.1. The van der Waals surface area contributed by atoms with Crippen molar-refractivity contribution in [3.05, 3.63) is 0 Å². The first-order chi connectivity index (χ1) is 16.1. The van der Waals surface area contributed by atoms with Gasteiger partial charge in [-0.15, -0.1) is 0 Å². The molecule has 0 bridgehead atoms. The fourth-order valence-electron chi connectivity index (χ4n) is 4.47. The van der Waals surface area contributed by atoms with Gasteiger partial charge in [0.2, 0.25) is 0 Å². The number of ether oxygens (including phenoxy) is 1. The Morgan fingerprint density at radius 3 is 1.42 bits per heavy atom. The van der Waals surface area contributed by atoms with E-state index >= 15 is 0 Å². The van der Waals surface area contributed by atoms with Gasteiger partial charge in [-0.05, 0) is 32.1 Å². The molecule has 4 nitrogen and oxygen atoms in total. The molecule has 0 aromatic carbocycles. The van der Waals surface area contributed by atoms with E-state index in [1.165, 1.54) is 83.5 Å². The lowest BCUT2D eigenvalue weighted by atomic mass is 10.0. The van der Waals surface area contributed by atoms with Crippen LogP contribution >= 0.6 is 0 Å². The Bertz CT molecular complexity index is 435. The first kappa shape index (κ1) is 31.9. The van der Waals surface area contributed by atoms with Gasteiger partial charge in [0, 0.05) is 12.8 Å². The van der Waals surface area contributed by atoms with Gasteiger partial charge in [0.15, 0.2) is 0 Å². The standard InChI is InChI=1S/C29H56O4/c1-3-5-6-7-8-9-10-11-16-19-22-26-29(32)33-27(23-4-2)24-20-17-14-12-13-15-18-21-25-28(30)31/h27H,3-26H2,1-2H3,(H,30,31). The molecule has 0 aliphatic heterocycles. The molecular weight excluding hydrogens is 412 g/mol. The number of carbonyl (C=O) groups is 2. The SMILES string of the molecule is CCCCCCCCCCCCCC(=O)OC(CCC)CCCCCCCCCCC(=O)O. The van der Waals surface area contributed by atoms with Crippen LogP contribution in [0.3, 0.4) is 0 Å². The van der Waals surface area contributed by atoms with E-state index in [4.69, 9.17) is 9.84 Å². The van der Waals surface area contributed by atoms with E-state index in [1.54, 1.807) is 0 Å². The van der Waals surface area contributed by atoms with Gasteiger partial charge < -0.3 is 9.84 Å². The van der Waals surface area contributed by atoms with E-state index in [2.05, 4.69) is 13.8 Å². The Hall–Kier alpha value is -1.06. The highest BCUT2D eigenvalue weighted by molar-refractivity contribution is 5.69. The van der Waals surface area contributed by atoms with Gasteiger partial charge in [-0.3, -0.25) is 9.59 Å². The number of unbranched alkanes of at least 4 members (excludes halogenated alkanes) is 17. The monoisotopic (exact) mass is 468 g/mol. The van der Waals surface area contributed by atoms with Crippen molar-refractivity contribution in [3.63, 3.8) is 0 Å². The molecule has 0 fully saturated rings. The summed E-state index contributed by atoms with van der Waals surface area (Å²) >= 11 is 0. The summed E-state index contributed by atoms with van der Waals surface area (Å²) in [7, 11) is 0. The van der Waals surface area contributed by atoms with Crippen LogP contribution in [-0.2, 0) is 14.3 Å². The zero-order valence-corrected chi connectivity index (χ0v) is 22.2. The molecule has 0 saturated heterocycles. The first-order valence-corrected chi connectivity index (χ1v) is 14.5. The molecule has 0 rings (SSSR count). The topological polar surface area (TPSA) is 63.6 Å². The Morgan fingerprint density at radius 1 is 0.545 bits per heavy atom. The van der Waals surface area contributed by atoms with E-state index in [0.29, 0.717) is 12.8 Å². The van der Waals surface area contributed by atoms with Crippen molar-refractivity contribution in [1.82, 2.24) is 0 Å². The lowest BCUT2D eigenvalue weighted by molar-refractivity contribution is -0.150. The Morgan fingerprint density at radius 2 is 0.970 bits per heavy atom. The van der Waals surface area contributed by atoms with Crippen molar-refractivity contribution >= 4 is 11.9 Å². The van der Waals surface area contributed by atoms with E-state index in [9.17, 15) is 9.59 Å². The van der Waals surface area contributed by atoms with Crippen molar-refractivity contribution in [2.24, 2.45) is 0 Å². The molecule has 0 amide bonds. The van der Waals surface area contributed by atoms with Crippen LogP contribution in [0.4, 0.5) is 0 Å². The number of carboxylic acids is 1. The largest absolute Gasteiger partial charge is 0.481 e. The van der Waals surface area contributed by atoms with Crippen molar-refractivity contribution in [2.75, 3.05) is 0 Å². The van der Waals surface area contributed by atoms with Gasteiger partial charge in [-0.1, -0.05) is 123 Å². The molecule has 0 saturated carbocycles. The molecule has 4 heteroatoms. The van der Waals surface area contributed by atoms with Crippen LogP contribution in [0.2, 0.25) is 0 Å². The number of rotatable bonds is 26. The van der Waals surface area contributed by atoms with Crippen LogP contribution in [0, 0.1) is 0 Å². The van der Waals surface area contributed by atoms with Crippen LogP contribution in [0.15, 0.2) is 0 Å². The van der Waals surface area contributed by atoms with Crippen molar-refractivity contribution in [3.8, 4) is 0 Å². The smallest absolute Gasteiger partial charge is 0.306 e. The number of aliphatic carboxylic acids is 1. The number of carboxylic acid groups (broad SMARTS) is 1. The summed E-state index contributed by atoms with van der Waals surface area (Å²) in [6.45, 7) is 4.43. The molecular formula is C29H56O4. The molecule has 0 radical (unpaired) electrons. The number of carbonyl (C=O) groups excluding carboxylic acids is 1. The maximum absolute atomic E-state index is 12.2. The summed E-state index contributed by atoms with van der Waals surface area (Å²) in [6.07, 6.45) is 27.3. The highest BCUT2D eigenvalue weighted by atomic mass is 16.5. The Balaban J connectivity index is 3.58. The second kappa shape index (κ2) is 25.6. The van der Waals surface area contributed by atoms with Crippen molar-refractivity contribution < 1.29 is 19.4 Å². The van der Waals surface area contributed by atoms with Gasteiger partial charge in [-0.2, -0.15) is 0 Å². The molecule has 33 heavy (non-hydrogen) atoms. The third-order valence-corrected chi connectivity index (χ3v) is 6.56. The van der Waals surface area contributed by atoms with E-state index in [0.717, 1.165) is 57.8 Å².